The van der Waals surface area contributed by atoms with Gasteiger partial charge in [0.25, 0.3) is 0 Å². The Bertz CT molecular complexity index is 465. The summed E-state index contributed by atoms with van der Waals surface area (Å²) < 4.78 is 3.21. The minimum Gasteiger partial charge on any atom is -0.201 e. The Morgan fingerprint density at radius 2 is 1.72 bits per heavy atom. The maximum atomic E-state index is 2.71. The Labute approximate surface area is 123 Å². The van der Waals surface area contributed by atoms with Crippen molar-refractivity contribution in [2.24, 2.45) is 11.8 Å². The Balaban J connectivity index is 1.84. The lowest BCUT2D eigenvalue weighted by molar-refractivity contribution is -0.720. The first-order valence-corrected chi connectivity index (χ1v) is 8.16. The molecule has 0 aromatic carbocycles. The highest BCUT2D eigenvalue weighted by atomic mass is 127. The van der Waals surface area contributed by atoms with Crippen LogP contribution in [0.4, 0.5) is 0 Å². The van der Waals surface area contributed by atoms with E-state index in [1.54, 1.807) is 11.1 Å². The number of hydrogen-bond donors (Lipinski definition) is 0. The van der Waals surface area contributed by atoms with Crippen molar-refractivity contribution in [1.29, 1.82) is 0 Å². The van der Waals surface area contributed by atoms with Crippen LogP contribution in [0.3, 0.4) is 0 Å². The van der Waals surface area contributed by atoms with Crippen molar-refractivity contribution in [1.82, 2.24) is 0 Å². The van der Waals surface area contributed by atoms with Crippen molar-refractivity contribution in [3.63, 3.8) is 0 Å². The zero-order valence-corrected chi connectivity index (χ0v) is 13.3. The summed E-state index contributed by atoms with van der Waals surface area (Å²) in [6.45, 7) is 4.66. The molecular weight excluding hydrogens is 333 g/mol. The molecule has 0 spiro atoms. The molecule has 0 radical (unpaired) electrons. The molecule has 4 atom stereocenters. The van der Waals surface area contributed by atoms with Gasteiger partial charge in [-0.05, 0) is 38.5 Å². The van der Waals surface area contributed by atoms with E-state index in [4.69, 9.17) is 0 Å². The van der Waals surface area contributed by atoms with Crippen LogP contribution in [0.2, 0.25) is 0 Å². The van der Waals surface area contributed by atoms with Crippen molar-refractivity contribution in [2.45, 2.75) is 43.1 Å². The molecule has 0 unspecified atom stereocenters. The van der Waals surface area contributed by atoms with Gasteiger partial charge in [0, 0.05) is 18.6 Å². The van der Waals surface area contributed by atoms with E-state index in [1.165, 1.54) is 19.3 Å². The summed E-state index contributed by atoms with van der Waals surface area (Å²) in [4.78, 5) is 0. The van der Waals surface area contributed by atoms with E-state index in [0.29, 0.717) is 6.04 Å². The fraction of sp³-hybridized carbons (Fsp3) is 0.562. The molecule has 0 amide bonds. The van der Waals surface area contributed by atoms with Gasteiger partial charge < -0.3 is 0 Å². The first kappa shape index (κ1) is 12.6. The van der Waals surface area contributed by atoms with Gasteiger partial charge in [0.15, 0.2) is 18.4 Å². The number of allylic oxidation sites excluding steroid dienone is 2. The van der Waals surface area contributed by atoms with Crippen molar-refractivity contribution in [3.8, 4) is 0 Å². The largest absolute Gasteiger partial charge is 0.201 e. The summed E-state index contributed by atoms with van der Waals surface area (Å²) >= 11 is 2.71. The molecule has 1 fully saturated rings. The second-order valence-electron chi connectivity index (χ2n) is 5.96. The van der Waals surface area contributed by atoms with E-state index in [9.17, 15) is 0 Å². The van der Waals surface area contributed by atoms with Gasteiger partial charge in [-0.3, -0.25) is 0 Å². The van der Waals surface area contributed by atoms with Gasteiger partial charge in [-0.1, -0.05) is 39.8 Å². The van der Waals surface area contributed by atoms with Crippen LogP contribution in [0, 0.1) is 11.8 Å². The highest BCUT2D eigenvalue weighted by molar-refractivity contribution is 14.1. The van der Waals surface area contributed by atoms with Crippen LogP contribution in [-0.2, 0) is 0 Å². The SMILES string of the molecule is CC1=C(C)C[C@H]2[C@@H](C1)C[C@@H]([n+]1ccccc1)[C@@H]2I. The van der Waals surface area contributed by atoms with E-state index in [-0.39, 0.29) is 0 Å². The molecule has 3 rings (SSSR count). The zero-order valence-electron chi connectivity index (χ0n) is 11.1. The minimum atomic E-state index is 0.695. The lowest BCUT2D eigenvalue weighted by Crippen LogP contribution is -2.41. The molecule has 0 aliphatic heterocycles. The molecule has 1 nitrogen and oxygen atoms in total. The molecule has 0 bridgehead atoms. The molecule has 18 heavy (non-hydrogen) atoms. The van der Waals surface area contributed by atoms with Crippen LogP contribution >= 0.6 is 22.6 Å². The third kappa shape index (κ3) is 2.13. The molecule has 1 aromatic heterocycles. The van der Waals surface area contributed by atoms with Crippen LogP contribution in [0.5, 0.6) is 0 Å². The van der Waals surface area contributed by atoms with Crippen LogP contribution in [-0.4, -0.2) is 3.92 Å². The number of aromatic nitrogens is 1. The molecule has 2 aliphatic carbocycles. The van der Waals surface area contributed by atoms with Crippen molar-refractivity contribution < 1.29 is 4.57 Å². The van der Waals surface area contributed by atoms with Crippen LogP contribution in [0.1, 0.15) is 39.2 Å². The Morgan fingerprint density at radius 3 is 2.44 bits per heavy atom. The second kappa shape index (κ2) is 4.95. The molecule has 1 aromatic rings. The Hall–Kier alpha value is -0.380. The maximum absolute atomic E-state index is 2.71. The number of alkyl halides is 1. The van der Waals surface area contributed by atoms with Crippen LogP contribution < -0.4 is 4.57 Å². The number of nitrogens with zero attached hydrogens (tertiary/aromatic N) is 1. The van der Waals surface area contributed by atoms with E-state index >= 15 is 0 Å². The molecule has 2 aliphatic rings. The van der Waals surface area contributed by atoms with E-state index < -0.39 is 0 Å². The van der Waals surface area contributed by atoms with E-state index in [1.807, 2.05) is 0 Å². The quantitative estimate of drug-likeness (QED) is 0.310. The smallest absolute Gasteiger partial charge is 0.170 e. The Morgan fingerprint density at radius 1 is 1.06 bits per heavy atom. The van der Waals surface area contributed by atoms with Gasteiger partial charge in [-0.25, -0.2) is 4.57 Å². The maximum Gasteiger partial charge on any atom is 0.170 e. The number of rotatable bonds is 1. The highest BCUT2D eigenvalue weighted by Gasteiger charge is 2.47. The van der Waals surface area contributed by atoms with Crippen LogP contribution in [0.15, 0.2) is 41.7 Å². The summed E-state index contributed by atoms with van der Waals surface area (Å²) in [5.74, 6) is 1.81. The normalized spacial score (nSPS) is 35.7. The summed E-state index contributed by atoms with van der Waals surface area (Å²) in [7, 11) is 0. The van der Waals surface area contributed by atoms with Gasteiger partial charge in [0.2, 0.25) is 0 Å². The predicted molar refractivity (Wildman–Crippen MR) is 82.7 cm³/mol. The second-order valence-corrected chi connectivity index (χ2v) is 7.40. The van der Waals surface area contributed by atoms with Gasteiger partial charge in [-0.2, -0.15) is 0 Å². The molecule has 0 saturated heterocycles. The first-order chi connectivity index (χ1) is 8.66. The average molecular weight is 354 g/mol. The summed E-state index contributed by atoms with van der Waals surface area (Å²) in [6.07, 6.45) is 8.49. The molecule has 1 heterocycles. The summed E-state index contributed by atoms with van der Waals surface area (Å²) in [6, 6.07) is 7.11. The first-order valence-electron chi connectivity index (χ1n) is 6.92. The number of halogens is 1. The summed E-state index contributed by atoms with van der Waals surface area (Å²) in [5.41, 5.74) is 3.30. The van der Waals surface area contributed by atoms with Crippen molar-refractivity contribution in [3.05, 3.63) is 41.7 Å². The lowest BCUT2D eigenvalue weighted by atomic mass is 9.79. The van der Waals surface area contributed by atoms with Gasteiger partial charge >= 0.3 is 0 Å². The van der Waals surface area contributed by atoms with E-state index in [0.717, 1.165) is 15.8 Å². The lowest BCUT2D eigenvalue weighted by Gasteiger charge is -2.28. The topological polar surface area (TPSA) is 3.88 Å². The fourth-order valence-electron chi connectivity index (χ4n) is 3.69. The monoisotopic (exact) mass is 354 g/mol. The molecule has 0 N–H and O–H groups in total. The standard InChI is InChI=1S/C16H21IN/c1-11-8-13-10-15(18-6-4-3-5-7-18)16(17)14(13)9-12(11)2/h3-7,13-16H,8-10H2,1-2H3/q+1/t13-,14-,15+,16+/m0/s1. The summed E-state index contributed by atoms with van der Waals surface area (Å²) in [5, 5.41) is 0. The number of pyridine rings is 1. The van der Waals surface area contributed by atoms with E-state index in [2.05, 4.69) is 71.6 Å². The van der Waals surface area contributed by atoms with Crippen molar-refractivity contribution >= 4 is 22.6 Å². The van der Waals surface area contributed by atoms with Gasteiger partial charge in [-0.15, -0.1) is 0 Å². The number of fused-ring (bicyclic) bond motifs is 1. The third-order valence-electron chi connectivity index (χ3n) is 4.89. The average Bonchev–Trinajstić information content (AvgIpc) is 2.69. The Kier molecular flexibility index (Phi) is 3.48. The molecular formula is C16H21IN+. The third-order valence-corrected chi connectivity index (χ3v) is 6.64. The molecule has 96 valence electrons. The predicted octanol–water partition coefficient (Wildman–Crippen LogP) is 4.09. The van der Waals surface area contributed by atoms with Crippen molar-refractivity contribution in [2.75, 3.05) is 0 Å². The molecule has 1 saturated carbocycles. The minimum absolute atomic E-state index is 0.695. The highest BCUT2D eigenvalue weighted by Crippen LogP contribution is 2.50. The van der Waals surface area contributed by atoms with Gasteiger partial charge in [0.1, 0.15) is 0 Å². The van der Waals surface area contributed by atoms with Crippen LogP contribution in [0.25, 0.3) is 0 Å². The van der Waals surface area contributed by atoms with Gasteiger partial charge in [0.05, 0.1) is 3.92 Å². The fourth-order valence-corrected chi connectivity index (χ4v) is 5.20. The molecule has 2 heteroatoms. The number of hydrogen-bond acceptors (Lipinski definition) is 0. The zero-order chi connectivity index (χ0) is 12.7.